The molecule has 0 saturated carbocycles. The summed E-state index contributed by atoms with van der Waals surface area (Å²) in [6.45, 7) is 28.4. The molecule has 290 valence electrons. The molecule has 0 radical (unpaired) electrons. The van der Waals surface area contributed by atoms with Crippen LogP contribution in [0.4, 0.5) is 11.4 Å². The second-order valence-corrected chi connectivity index (χ2v) is 16.5. The minimum absolute atomic E-state index is 0.117. The predicted octanol–water partition coefficient (Wildman–Crippen LogP) is 15.9. The van der Waals surface area contributed by atoms with Gasteiger partial charge in [0.2, 0.25) is 0 Å². The molecule has 0 spiro atoms. The number of halogens is 2. The first kappa shape index (κ1) is 50.0. The summed E-state index contributed by atoms with van der Waals surface area (Å²) in [5.74, 6) is 0. The van der Waals surface area contributed by atoms with Crippen LogP contribution in [-0.4, -0.2) is 18.4 Å². The molecule has 0 aliphatic heterocycles. The number of nitrogens with one attached hydrogen (secondary N) is 1. The molecule has 54 heavy (non-hydrogen) atoms. The van der Waals surface area contributed by atoms with Gasteiger partial charge in [0.25, 0.3) is 0 Å². The van der Waals surface area contributed by atoms with E-state index in [0.29, 0.717) is 0 Å². The lowest BCUT2D eigenvalue weighted by atomic mass is 9.86. The Kier molecular flexibility index (Phi) is 24.7. The molecular weight excluding hydrogens is 788 g/mol. The standard InChI is InChI=1S/C31H39BrN2.C15H19Br.C2H6.C2H2/c1-8-11-29(20-13-24(3)32)34(23-10-12-27(9-2)31(4,5)6)30-21-16-26(17-22-30)25-14-18-28(33-7)19-15-25;1-5-13(15(2,3)4)9-6-12-7-10-14(16)11-8-12;2*1-2/h8-22,24,33H,1,23H2,2-7H3;5-11H,1-4H3;1-2H3;1-2H/b12-10-,20-13-,27-9+,29-11+;9-6-,13-5+;;. The molecule has 0 heterocycles. The summed E-state index contributed by atoms with van der Waals surface area (Å²) in [6.07, 6.45) is 29.4. The maximum absolute atomic E-state index is 4.00. The molecule has 1 N–H and O–H groups in total. The lowest BCUT2D eigenvalue weighted by molar-refractivity contribution is 0.516. The highest BCUT2D eigenvalue weighted by Gasteiger charge is 2.15. The van der Waals surface area contributed by atoms with Gasteiger partial charge in [-0.05, 0) is 108 Å². The van der Waals surface area contributed by atoms with Crippen LogP contribution in [0.2, 0.25) is 0 Å². The number of hydrogen-bond acceptors (Lipinski definition) is 2. The van der Waals surface area contributed by atoms with Gasteiger partial charge in [0.05, 0.1) is 0 Å². The lowest BCUT2D eigenvalue weighted by Crippen LogP contribution is -2.22. The van der Waals surface area contributed by atoms with Crippen molar-refractivity contribution in [3.05, 3.63) is 161 Å². The Balaban J connectivity index is 0.00000117. The second kappa shape index (κ2) is 26.7. The molecule has 1 atom stereocenters. The number of allylic oxidation sites excluding steroid dienone is 10. The molecule has 1 unspecified atom stereocenters. The first-order chi connectivity index (χ1) is 25.6. The Morgan fingerprint density at radius 3 is 1.69 bits per heavy atom. The van der Waals surface area contributed by atoms with Gasteiger partial charge >= 0.3 is 0 Å². The van der Waals surface area contributed by atoms with Crippen LogP contribution in [0.15, 0.2) is 155 Å². The maximum atomic E-state index is 4.00. The predicted molar refractivity (Wildman–Crippen MR) is 255 cm³/mol. The average molecular weight is 855 g/mol. The Hall–Kier alpha value is -4.04. The van der Waals surface area contributed by atoms with E-state index in [1.807, 2.05) is 27.0 Å². The van der Waals surface area contributed by atoms with Crippen molar-refractivity contribution < 1.29 is 0 Å². The molecule has 4 heteroatoms. The number of rotatable bonds is 12. The summed E-state index contributed by atoms with van der Waals surface area (Å²) in [6, 6.07) is 25.6. The zero-order valence-corrected chi connectivity index (χ0v) is 38.2. The average Bonchev–Trinajstić information content (AvgIpc) is 3.15. The van der Waals surface area contributed by atoms with Crippen LogP contribution in [0, 0.1) is 23.7 Å². The Morgan fingerprint density at radius 2 is 1.26 bits per heavy atom. The summed E-state index contributed by atoms with van der Waals surface area (Å²) in [5, 5.41) is 3.17. The molecule has 3 rings (SSSR count). The molecule has 3 aromatic carbocycles. The molecule has 0 aromatic heterocycles. The van der Waals surface area contributed by atoms with E-state index >= 15 is 0 Å². The van der Waals surface area contributed by atoms with Crippen LogP contribution in [0.1, 0.15) is 81.7 Å². The molecule has 0 aliphatic rings. The molecule has 0 bridgehead atoms. The monoisotopic (exact) mass is 852 g/mol. The summed E-state index contributed by atoms with van der Waals surface area (Å²) in [7, 11) is 1.94. The van der Waals surface area contributed by atoms with Crippen LogP contribution in [0.3, 0.4) is 0 Å². The van der Waals surface area contributed by atoms with Crippen molar-refractivity contribution in [2.24, 2.45) is 10.8 Å². The number of benzene rings is 3. The van der Waals surface area contributed by atoms with Gasteiger partial charge in [0.1, 0.15) is 0 Å². The van der Waals surface area contributed by atoms with Crippen molar-refractivity contribution in [3.63, 3.8) is 0 Å². The van der Waals surface area contributed by atoms with Gasteiger partial charge in [-0.2, -0.15) is 0 Å². The van der Waals surface area contributed by atoms with Gasteiger partial charge in [-0.25, -0.2) is 0 Å². The van der Waals surface area contributed by atoms with Crippen LogP contribution in [0.5, 0.6) is 0 Å². The maximum Gasteiger partial charge on any atom is 0.0415 e. The Labute approximate surface area is 347 Å². The fourth-order valence-corrected chi connectivity index (χ4v) is 5.63. The van der Waals surface area contributed by atoms with E-state index in [2.05, 4.69) is 251 Å². The third-order valence-electron chi connectivity index (χ3n) is 8.08. The van der Waals surface area contributed by atoms with Gasteiger partial charge < -0.3 is 10.2 Å². The summed E-state index contributed by atoms with van der Waals surface area (Å²) in [5.41, 5.74) is 9.98. The normalized spacial score (nSPS) is 12.9. The fourth-order valence-electron chi connectivity index (χ4n) is 5.21. The van der Waals surface area contributed by atoms with Crippen molar-refractivity contribution in [1.29, 1.82) is 0 Å². The number of nitrogens with zero attached hydrogens (tertiary/aromatic N) is 1. The van der Waals surface area contributed by atoms with Crippen LogP contribution in [0.25, 0.3) is 17.2 Å². The third-order valence-corrected chi connectivity index (χ3v) is 8.92. The minimum atomic E-state index is 0.117. The molecule has 2 nitrogen and oxygen atoms in total. The van der Waals surface area contributed by atoms with Gasteiger partial charge in [-0.1, -0.05) is 179 Å². The van der Waals surface area contributed by atoms with E-state index in [1.165, 1.54) is 27.8 Å². The summed E-state index contributed by atoms with van der Waals surface area (Å²) < 4.78 is 1.12. The SMILES string of the molecule is C#C.C/C=C(\C=C/c1ccc(Br)cc1)C(C)(C)C.C=C/C=C(\C=C/C(C)Br)N(C/C=C\C(=C/C)C(C)(C)C)c1ccc(-c2ccc(NC)cc2)cc1.CC. The van der Waals surface area contributed by atoms with Gasteiger partial charge in [0.15, 0.2) is 0 Å². The van der Waals surface area contributed by atoms with Crippen molar-refractivity contribution in [1.82, 2.24) is 0 Å². The van der Waals surface area contributed by atoms with E-state index in [0.717, 1.165) is 28.1 Å². The van der Waals surface area contributed by atoms with Crippen molar-refractivity contribution in [2.45, 2.75) is 81.0 Å². The van der Waals surface area contributed by atoms with Gasteiger partial charge in [-0.15, -0.1) is 12.8 Å². The van der Waals surface area contributed by atoms with E-state index in [-0.39, 0.29) is 15.7 Å². The second-order valence-electron chi connectivity index (χ2n) is 14.1. The smallest absolute Gasteiger partial charge is 0.0415 e. The first-order valence-electron chi connectivity index (χ1n) is 18.7. The highest BCUT2D eigenvalue weighted by Crippen LogP contribution is 2.29. The topological polar surface area (TPSA) is 15.3 Å². The molecular formula is C50H66Br2N2. The zero-order valence-electron chi connectivity index (χ0n) is 35.1. The third kappa shape index (κ3) is 18.8. The number of anilines is 2. The molecule has 0 amide bonds. The van der Waals surface area contributed by atoms with E-state index in [9.17, 15) is 0 Å². The zero-order chi connectivity index (χ0) is 41.3. The number of hydrogen-bond donors (Lipinski definition) is 1. The molecule has 0 aliphatic carbocycles. The quantitative estimate of drug-likeness (QED) is 0.111. The minimum Gasteiger partial charge on any atom is -0.388 e. The summed E-state index contributed by atoms with van der Waals surface area (Å²) >= 11 is 7.06. The molecule has 0 saturated heterocycles. The van der Waals surface area contributed by atoms with Crippen LogP contribution < -0.4 is 10.2 Å². The lowest BCUT2D eigenvalue weighted by Gasteiger charge is -2.26. The fraction of sp³-hybridized carbons (Fsp3) is 0.320. The van der Waals surface area contributed by atoms with Crippen molar-refractivity contribution in [2.75, 3.05) is 23.8 Å². The van der Waals surface area contributed by atoms with Crippen molar-refractivity contribution in [3.8, 4) is 24.0 Å². The Morgan fingerprint density at radius 1 is 0.778 bits per heavy atom. The highest BCUT2D eigenvalue weighted by atomic mass is 79.9. The van der Waals surface area contributed by atoms with E-state index in [4.69, 9.17) is 0 Å². The highest BCUT2D eigenvalue weighted by molar-refractivity contribution is 9.10. The summed E-state index contributed by atoms with van der Waals surface area (Å²) in [4.78, 5) is 2.60. The number of alkyl halides is 1. The van der Waals surface area contributed by atoms with Crippen LogP contribution in [-0.2, 0) is 0 Å². The van der Waals surface area contributed by atoms with Gasteiger partial charge in [0, 0.05) is 40.0 Å². The molecule has 0 fully saturated rings. The first-order valence-corrected chi connectivity index (χ1v) is 20.4. The van der Waals surface area contributed by atoms with E-state index in [1.54, 1.807) is 0 Å². The van der Waals surface area contributed by atoms with Crippen molar-refractivity contribution >= 4 is 49.3 Å². The van der Waals surface area contributed by atoms with E-state index < -0.39 is 0 Å². The van der Waals surface area contributed by atoms with Crippen LogP contribution >= 0.6 is 31.9 Å². The van der Waals surface area contributed by atoms with Gasteiger partial charge in [-0.3, -0.25) is 0 Å². The number of terminal acetylenes is 1. The largest absolute Gasteiger partial charge is 0.388 e. The Bertz CT molecular complexity index is 1700. The molecule has 3 aromatic rings.